The Labute approximate surface area is 91.1 Å². The van der Waals surface area contributed by atoms with Crippen molar-refractivity contribution in [2.24, 2.45) is 0 Å². The molecule has 0 bridgehead atoms. The van der Waals surface area contributed by atoms with Crippen LogP contribution in [0.15, 0.2) is 22.9 Å². The molecule has 1 fully saturated rings. The highest BCUT2D eigenvalue weighted by atomic mass is 79.9. The predicted molar refractivity (Wildman–Crippen MR) is 57.0 cm³/mol. The van der Waals surface area contributed by atoms with Crippen molar-refractivity contribution in [3.05, 3.63) is 28.5 Å². The van der Waals surface area contributed by atoms with Crippen LogP contribution in [0.2, 0.25) is 0 Å². The van der Waals surface area contributed by atoms with Crippen LogP contribution in [0.3, 0.4) is 0 Å². The van der Waals surface area contributed by atoms with Gasteiger partial charge in [0.2, 0.25) is 0 Å². The summed E-state index contributed by atoms with van der Waals surface area (Å²) in [4.78, 5) is 4.02. The second-order valence-electron chi connectivity index (χ2n) is 3.77. The number of hydrogen-bond acceptors (Lipinski definition) is 2. The number of hydrogen-bond donors (Lipinski definition) is 1. The fourth-order valence-corrected chi connectivity index (χ4v) is 2.19. The van der Waals surface area contributed by atoms with E-state index >= 15 is 0 Å². The van der Waals surface area contributed by atoms with Gasteiger partial charge in [0.25, 0.3) is 0 Å². The van der Waals surface area contributed by atoms with E-state index in [-0.39, 0.29) is 0 Å². The Morgan fingerprint density at radius 1 is 1.57 bits per heavy atom. The summed E-state index contributed by atoms with van der Waals surface area (Å²) in [6.45, 7) is 1.23. The molecule has 2 heterocycles. The van der Waals surface area contributed by atoms with Gasteiger partial charge in [0.15, 0.2) is 0 Å². The third-order valence-corrected chi connectivity index (χ3v) is 2.91. The second-order valence-corrected chi connectivity index (χ2v) is 4.68. The molecule has 0 aliphatic carbocycles. The Morgan fingerprint density at radius 3 is 3.07 bits per heavy atom. The van der Waals surface area contributed by atoms with Crippen LogP contribution in [0.1, 0.15) is 12.0 Å². The summed E-state index contributed by atoms with van der Waals surface area (Å²) >= 11 is 3.33. The molecule has 2 nitrogen and oxygen atoms in total. The van der Waals surface area contributed by atoms with Crippen LogP contribution in [0, 0.1) is 0 Å². The third-order valence-electron chi connectivity index (χ3n) is 2.47. The SMILES string of the molecule is FC1(Cc2cncc(Br)c2)CCNC1. The van der Waals surface area contributed by atoms with Gasteiger partial charge in [-0.15, -0.1) is 0 Å². The van der Waals surface area contributed by atoms with Crippen LogP contribution in [0.4, 0.5) is 4.39 Å². The summed E-state index contributed by atoms with van der Waals surface area (Å²) in [5.41, 5.74) is -0.131. The Kier molecular flexibility index (Phi) is 2.83. The lowest BCUT2D eigenvalue weighted by Gasteiger charge is -2.17. The molecule has 0 amide bonds. The van der Waals surface area contributed by atoms with E-state index in [9.17, 15) is 4.39 Å². The summed E-state index contributed by atoms with van der Waals surface area (Å²) in [7, 11) is 0. The van der Waals surface area contributed by atoms with Gasteiger partial charge in [0.1, 0.15) is 5.67 Å². The molecule has 4 heteroatoms. The Balaban J connectivity index is 2.10. The van der Waals surface area contributed by atoms with E-state index < -0.39 is 5.67 Å². The van der Waals surface area contributed by atoms with E-state index in [0.717, 1.165) is 16.6 Å². The number of nitrogens with zero attached hydrogens (tertiary/aromatic N) is 1. The highest BCUT2D eigenvalue weighted by Crippen LogP contribution is 2.25. The molecule has 1 N–H and O–H groups in total. The molecule has 0 saturated carbocycles. The average Bonchev–Trinajstić information content (AvgIpc) is 2.51. The molecule has 0 aromatic carbocycles. The molecule has 1 aromatic rings. The van der Waals surface area contributed by atoms with Crippen molar-refractivity contribution in [1.82, 2.24) is 10.3 Å². The number of alkyl halides is 1. The molecule has 1 aliphatic rings. The minimum Gasteiger partial charge on any atom is -0.313 e. The molecule has 14 heavy (non-hydrogen) atoms. The van der Waals surface area contributed by atoms with Gasteiger partial charge >= 0.3 is 0 Å². The highest BCUT2D eigenvalue weighted by molar-refractivity contribution is 9.10. The summed E-state index contributed by atoms with van der Waals surface area (Å²) in [6.07, 6.45) is 4.48. The van der Waals surface area contributed by atoms with Crippen LogP contribution in [-0.4, -0.2) is 23.7 Å². The maximum Gasteiger partial charge on any atom is 0.128 e. The number of aromatic nitrogens is 1. The van der Waals surface area contributed by atoms with Gasteiger partial charge in [-0.05, 0) is 40.5 Å². The molecule has 76 valence electrons. The molecule has 1 aromatic heterocycles. The highest BCUT2D eigenvalue weighted by Gasteiger charge is 2.33. The molecule has 1 saturated heterocycles. The maximum atomic E-state index is 14.0. The van der Waals surface area contributed by atoms with E-state index in [1.807, 2.05) is 6.07 Å². The van der Waals surface area contributed by atoms with Gasteiger partial charge in [-0.1, -0.05) is 0 Å². The van der Waals surface area contributed by atoms with Crippen molar-refractivity contribution in [2.45, 2.75) is 18.5 Å². The van der Waals surface area contributed by atoms with Crippen molar-refractivity contribution < 1.29 is 4.39 Å². The largest absolute Gasteiger partial charge is 0.313 e. The van der Waals surface area contributed by atoms with E-state index in [2.05, 4.69) is 26.2 Å². The summed E-state index contributed by atoms with van der Waals surface area (Å²) < 4.78 is 14.9. The minimum atomic E-state index is -1.08. The molecule has 1 aliphatic heterocycles. The first-order valence-corrected chi connectivity index (χ1v) is 5.46. The zero-order valence-corrected chi connectivity index (χ0v) is 9.35. The minimum absolute atomic E-state index is 0.451. The molecule has 2 rings (SSSR count). The van der Waals surface area contributed by atoms with Gasteiger partial charge < -0.3 is 5.32 Å². The van der Waals surface area contributed by atoms with Gasteiger partial charge in [-0.25, -0.2) is 4.39 Å². The Hall–Kier alpha value is -0.480. The lowest BCUT2D eigenvalue weighted by molar-refractivity contribution is 0.190. The summed E-state index contributed by atoms with van der Waals surface area (Å²) in [6, 6.07) is 1.92. The molecule has 0 spiro atoms. The van der Waals surface area contributed by atoms with Gasteiger partial charge in [0.05, 0.1) is 0 Å². The molecular weight excluding hydrogens is 247 g/mol. The number of nitrogens with one attached hydrogen (secondary N) is 1. The number of rotatable bonds is 2. The number of halogens is 2. The van der Waals surface area contributed by atoms with Crippen LogP contribution in [-0.2, 0) is 6.42 Å². The van der Waals surface area contributed by atoms with Crippen molar-refractivity contribution >= 4 is 15.9 Å². The summed E-state index contributed by atoms with van der Waals surface area (Å²) in [5.74, 6) is 0. The Bertz CT molecular complexity index is 324. The van der Waals surface area contributed by atoms with Crippen LogP contribution in [0.5, 0.6) is 0 Å². The van der Waals surface area contributed by atoms with Crippen molar-refractivity contribution in [2.75, 3.05) is 13.1 Å². The van der Waals surface area contributed by atoms with E-state index in [1.165, 1.54) is 0 Å². The smallest absolute Gasteiger partial charge is 0.128 e. The first kappa shape index (κ1) is 10.1. The van der Waals surface area contributed by atoms with Crippen molar-refractivity contribution in [3.8, 4) is 0 Å². The topological polar surface area (TPSA) is 24.9 Å². The first-order chi connectivity index (χ1) is 6.68. The zero-order valence-electron chi connectivity index (χ0n) is 7.76. The number of pyridine rings is 1. The van der Waals surface area contributed by atoms with E-state index in [1.54, 1.807) is 12.4 Å². The predicted octanol–water partition coefficient (Wildman–Crippen LogP) is 2.09. The van der Waals surface area contributed by atoms with Crippen molar-refractivity contribution in [3.63, 3.8) is 0 Å². The lowest BCUT2D eigenvalue weighted by atomic mass is 9.97. The van der Waals surface area contributed by atoms with Crippen LogP contribution in [0.25, 0.3) is 0 Å². The van der Waals surface area contributed by atoms with E-state index in [0.29, 0.717) is 19.4 Å². The fraction of sp³-hybridized carbons (Fsp3) is 0.500. The van der Waals surface area contributed by atoms with Gasteiger partial charge in [-0.2, -0.15) is 0 Å². The normalized spacial score (nSPS) is 26.7. The standard InChI is InChI=1S/C10H12BrFN2/c11-9-3-8(5-14-6-9)4-10(12)1-2-13-7-10/h3,5-6,13H,1-2,4,7H2. The molecule has 1 atom stereocenters. The monoisotopic (exact) mass is 258 g/mol. The van der Waals surface area contributed by atoms with Crippen LogP contribution < -0.4 is 5.32 Å². The van der Waals surface area contributed by atoms with Crippen LogP contribution >= 0.6 is 15.9 Å². The third kappa shape index (κ3) is 2.30. The van der Waals surface area contributed by atoms with E-state index in [4.69, 9.17) is 0 Å². The lowest BCUT2D eigenvalue weighted by Crippen LogP contribution is -2.28. The quantitative estimate of drug-likeness (QED) is 0.879. The fourth-order valence-electron chi connectivity index (χ4n) is 1.78. The van der Waals surface area contributed by atoms with Crippen molar-refractivity contribution in [1.29, 1.82) is 0 Å². The van der Waals surface area contributed by atoms with Gasteiger partial charge in [-0.3, -0.25) is 4.98 Å². The van der Waals surface area contributed by atoms with Gasteiger partial charge in [0, 0.05) is 29.8 Å². The second kappa shape index (κ2) is 3.95. The Morgan fingerprint density at radius 2 is 2.43 bits per heavy atom. The first-order valence-electron chi connectivity index (χ1n) is 4.67. The average molecular weight is 259 g/mol. The maximum absolute atomic E-state index is 14.0. The molecule has 1 unspecified atom stereocenters. The molecule has 0 radical (unpaired) electrons. The zero-order chi connectivity index (χ0) is 10.0. The summed E-state index contributed by atoms with van der Waals surface area (Å²) in [5, 5.41) is 3.04. The molecular formula is C10H12BrFN2.